The molecule has 0 saturated heterocycles. The Morgan fingerprint density at radius 1 is 1.12 bits per heavy atom. The van der Waals surface area contributed by atoms with Crippen LogP contribution in [0.2, 0.25) is 0 Å². The van der Waals surface area contributed by atoms with Crippen LogP contribution in [0, 0.1) is 5.41 Å². The number of carbonyl (C=O) groups is 2. The Morgan fingerprint density at radius 2 is 1.81 bits per heavy atom. The third kappa shape index (κ3) is 7.81. The van der Waals surface area contributed by atoms with Crippen molar-refractivity contribution in [2.75, 3.05) is 6.61 Å². The molecule has 0 aromatic rings. The lowest BCUT2D eigenvalue weighted by molar-refractivity contribution is -0.142. The molecule has 0 aromatic heterocycles. The highest BCUT2D eigenvalue weighted by Gasteiger charge is 2.26. The van der Waals surface area contributed by atoms with Crippen molar-refractivity contribution in [1.82, 2.24) is 0 Å². The number of allylic oxidation sites excluding steroid dienone is 9. The molecule has 0 fully saturated rings. The normalized spacial score (nSPS) is 18.7. The van der Waals surface area contributed by atoms with Gasteiger partial charge in [-0.3, -0.25) is 4.79 Å². The van der Waals surface area contributed by atoms with E-state index in [0.717, 1.165) is 11.1 Å². The number of rotatable bonds is 7. The smallest absolute Gasteiger partial charge is 0.331 e. The van der Waals surface area contributed by atoms with E-state index in [1.165, 1.54) is 43.4 Å². The van der Waals surface area contributed by atoms with Gasteiger partial charge in [0.15, 0.2) is 5.78 Å². The Balaban J connectivity index is 2.69. The van der Waals surface area contributed by atoms with E-state index in [9.17, 15) is 9.59 Å². The molecule has 0 aromatic carbocycles. The quantitative estimate of drug-likeness (QED) is 0.336. The van der Waals surface area contributed by atoms with E-state index in [4.69, 9.17) is 4.74 Å². The minimum atomic E-state index is -0.495. The molecular formula is C23H32O3. The van der Waals surface area contributed by atoms with Crippen LogP contribution in [0.15, 0.2) is 58.7 Å². The first-order valence-electron chi connectivity index (χ1n) is 9.19. The molecule has 0 unspecified atom stereocenters. The molecule has 1 aliphatic carbocycles. The van der Waals surface area contributed by atoms with E-state index in [2.05, 4.69) is 39.8 Å². The SMILES string of the molecule is CC(=O)COC(=O)/C=C(/C)C=CC=C(C)C=CC1=C(C)CCCC1(C)C. The lowest BCUT2D eigenvalue weighted by Crippen LogP contribution is -2.19. The summed E-state index contributed by atoms with van der Waals surface area (Å²) in [6.45, 7) is 12.0. The van der Waals surface area contributed by atoms with Gasteiger partial charge in [-0.05, 0) is 63.5 Å². The van der Waals surface area contributed by atoms with Crippen LogP contribution in [0.5, 0.6) is 0 Å². The number of esters is 1. The number of ether oxygens (including phenoxy) is 1. The molecule has 0 saturated carbocycles. The van der Waals surface area contributed by atoms with Crippen molar-refractivity contribution < 1.29 is 14.3 Å². The maximum absolute atomic E-state index is 11.5. The summed E-state index contributed by atoms with van der Waals surface area (Å²) in [6, 6.07) is 0. The monoisotopic (exact) mass is 356 g/mol. The molecular weight excluding hydrogens is 324 g/mol. The molecule has 0 radical (unpaired) electrons. The Labute approximate surface area is 158 Å². The van der Waals surface area contributed by atoms with Gasteiger partial charge < -0.3 is 4.74 Å². The molecule has 0 heterocycles. The van der Waals surface area contributed by atoms with E-state index in [1.54, 1.807) is 0 Å². The fourth-order valence-electron chi connectivity index (χ4n) is 3.08. The molecule has 3 nitrogen and oxygen atoms in total. The predicted octanol–water partition coefficient (Wildman–Crippen LogP) is 5.65. The average molecular weight is 357 g/mol. The zero-order valence-electron chi connectivity index (χ0n) is 17.0. The lowest BCUT2D eigenvalue weighted by Gasteiger charge is -2.32. The van der Waals surface area contributed by atoms with Crippen LogP contribution >= 0.6 is 0 Å². The minimum absolute atomic E-state index is 0.170. The fourth-order valence-corrected chi connectivity index (χ4v) is 3.08. The average Bonchev–Trinajstić information content (AvgIpc) is 2.51. The van der Waals surface area contributed by atoms with E-state index >= 15 is 0 Å². The molecule has 26 heavy (non-hydrogen) atoms. The number of hydrogen-bond acceptors (Lipinski definition) is 3. The summed E-state index contributed by atoms with van der Waals surface area (Å²) in [5.41, 5.74) is 5.11. The van der Waals surface area contributed by atoms with Crippen molar-refractivity contribution in [3.63, 3.8) is 0 Å². The van der Waals surface area contributed by atoms with E-state index in [1.807, 2.05) is 25.2 Å². The number of Topliss-reactive ketones (excluding diaryl/α,β-unsaturated/α-hetero) is 1. The molecule has 0 atom stereocenters. The second-order valence-corrected chi connectivity index (χ2v) is 7.73. The van der Waals surface area contributed by atoms with Crippen LogP contribution in [0.1, 0.15) is 60.8 Å². The summed E-state index contributed by atoms with van der Waals surface area (Å²) in [7, 11) is 0. The summed E-state index contributed by atoms with van der Waals surface area (Å²) in [6.07, 6.45) is 15.3. The number of hydrogen-bond donors (Lipinski definition) is 0. The van der Waals surface area contributed by atoms with Gasteiger partial charge in [-0.15, -0.1) is 0 Å². The maximum Gasteiger partial charge on any atom is 0.331 e. The summed E-state index contributed by atoms with van der Waals surface area (Å²) >= 11 is 0. The Morgan fingerprint density at radius 3 is 2.42 bits per heavy atom. The number of ketones is 1. The van der Waals surface area contributed by atoms with Crippen molar-refractivity contribution in [2.24, 2.45) is 5.41 Å². The van der Waals surface area contributed by atoms with Gasteiger partial charge in [0.1, 0.15) is 6.61 Å². The Hall–Kier alpha value is -2.16. The van der Waals surface area contributed by atoms with Gasteiger partial charge in [0, 0.05) is 6.08 Å². The second-order valence-electron chi connectivity index (χ2n) is 7.73. The molecule has 0 aliphatic heterocycles. The fraction of sp³-hybridized carbons (Fsp3) is 0.478. The highest BCUT2D eigenvalue weighted by atomic mass is 16.5. The van der Waals surface area contributed by atoms with E-state index in [-0.39, 0.29) is 17.8 Å². The van der Waals surface area contributed by atoms with Crippen molar-refractivity contribution in [2.45, 2.75) is 60.8 Å². The second kappa shape index (κ2) is 10.1. The minimum Gasteiger partial charge on any atom is -0.455 e. The predicted molar refractivity (Wildman–Crippen MR) is 108 cm³/mol. The molecule has 0 N–H and O–H groups in total. The summed E-state index contributed by atoms with van der Waals surface area (Å²) in [4.78, 5) is 22.3. The van der Waals surface area contributed by atoms with Gasteiger partial charge in [0.2, 0.25) is 0 Å². The van der Waals surface area contributed by atoms with Crippen LogP contribution in [0.3, 0.4) is 0 Å². The number of carbonyl (C=O) groups excluding carboxylic acids is 2. The third-order valence-electron chi connectivity index (χ3n) is 4.54. The van der Waals surface area contributed by atoms with Crippen LogP contribution < -0.4 is 0 Å². The Bertz CT molecular complexity index is 682. The van der Waals surface area contributed by atoms with Crippen molar-refractivity contribution >= 4 is 11.8 Å². The van der Waals surface area contributed by atoms with E-state index < -0.39 is 5.97 Å². The molecule has 1 aliphatic rings. The van der Waals surface area contributed by atoms with Gasteiger partial charge in [0.25, 0.3) is 0 Å². The van der Waals surface area contributed by atoms with Crippen LogP contribution in [0.4, 0.5) is 0 Å². The van der Waals surface area contributed by atoms with Gasteiger partial charge in [-0.1, -0.05) is 55.4 Å². The van der Waals surface area contributed by atoms with Gasteiger partial charge >= 0.3 is 5.97 Å². The van der Waals surface area contributed by atoms with Gasteiger partial charge in [-0.2, -0.15) is 0 Å². The van der Waals surface area contributed by atoms with Crippen molar-refractivity contribution in [3.8, 4) is 0 Å². The van der Waals surface area contributed by atoms with Gasteiger partial charge in [0.05, 0.1) is 0 Å². The highest BCUT2D eigenvalue weighted by Crippen LogP contribution is 2.40. The zero-order valence-corrected chi connectivity index (χ0v) is 17.0. The summed E-state index contributed by atoms with van der Waals surface area (Å²) in [5.74, 6) is -0.665. The zero-order chi connectivity index (χ0) is 19.7. The molecule has 1 rings (SSSR count). The first kappa shape index (κ1) is 21.9. The van der Waals surface area contributed by atoms with Crippen LogP contribution in [-0.2, 0) is 14.3 Å². The third-order valence-corrected chi connectivity index (χ3v) is 4.54. The summed E-state index contributed by atoms with van der Waals surface area (Å²) < 4.78 is 4.81. The van der Waals surface area contributed by atoms with Gasteiger partial charge in [-0.25, -0.2) is 4.79 Å². The maximum atomic E-state index is 11.5. The van der Waals surface area contributed by atoms with E-state index in [0.29, 0.717) is 0 Å². The van der Waals surface area contributed by atoms with Crippen molar-refractivity contribution in [1.29, 1.82) is 0 Å². The van der Waals surface area contributed by atoms with Crippen LogP contribution in [-0.4, -0.2) is 18.4 Å². The first-order valence-corrected chi connectivity index (χ1v) is 9.19. The lowest BCUT2D eigenvalue weighted by atomic mass is 9.72. The summed E-state index contributed by atoms with van der Waals surface area (Å²) in [5, 5.41) is 0. The van der Waals surface area contributed by atoms with Crippen LogP contribution in [0.25, 0.3) is 0 Å². The molecule has 0 bridgehead atoms. The molecule has 0 amide bonds. The highest BCUT2D eigenvalue weighted by molar-refractivity contribution is 5.86. The molecule has 0 spiro atoms. The Kier molecular flexibility index (Phi) is 8.50. The largest absolute Gasteiger partial charge is 0.455 e. The molecule has 3 heteroatoms. The first-order chi connectivity index (χ1) is 12.1. The molecule has 142 valence electrons. The topological polar surface area (TPSA) is 43.4 Å². The van der Waals surface area contributed by atoms with Crippen molar-refractivity contribution in [3.05, 3.63) is 58.7 Å². The standard InChI is InChI=1S/C23H32O3/c1-17(12-13-21-19(3)11-8-14-23(21,5)6)9-7-10-18(2)15-22(25)26-16-20(4)24/h7,9-10,12-13,15H,8,11,14,16H2,1-6H3/b10-7?,13-12?,17-9?,18-15-.